The fraction of sp³-hybridized carbons (Fsp3) is 0.364. The lowest BCUT2D eigenvalue weighted by atomic mass is 9.70. The Morgan fingerprint density at radius 2 is 1.95 bits per heavy atom. The number of aromatic carboxylic acids is 1. The molecule has 0 bridgehead atoms. The van der Waals surface area contributed by atoms with Crippen molar-refractivity contribution in [2.24, 2.45) is 5.92 Å². The third-order valence-corrected chi connectivity index (χ3v) is 10.7. The number of carboxylic acid groups (broad SMARTS) is 1. The van der Waals surface area contributed by atoms with Crippen LogP contribution in [0.3, 0.4) is 0 Å². The molecule has 0 radical (unpaired) electrons. The molecule has 0 unspecified atom stereocenters. The summed E-state index contributed by atoms with van der Waals surface area (Å²) in [4.78, 5) is 34.2. The highest BCUT2D eigenvalue weighted by Crippen LogP contribution is 2.64. The van der Waals surface area contributed by atoms with E-state index in [1.54, 1.807) is 38.1 Å². The van der Waals surface area contributed by atoms with E-state index in [0.717, 1.165) is 36.2 Å². The molecule has 1 aliphatic carbocycles. The zero-order valence-electron chi connectivity index (χ0n) is 23.6. The normalized spacial score (nSPS) is 26.1. The summed E-state index contributed by atoms with van der Waals surface area (Å²) >= 11 is 12.8. The summed E-state index contributed by atoms with van der Waals surface area (Å²) in [6.07, 6.45) is 2.90. The van der Waals surface area contributed by atoms with Crippen LogP contribution in [-0.2, 0) is 16.9 Å². The van der Waals surface area contributed by atoms with Gasteiger partial charge in [0.25, 0.3) is 0 Å². The molecule has 1 saturated carbocycles. The van der Waals surface area contributed by atoms with E-state index in [0.29, 0.717) is 51.9 Å². The molecule has 4 heterocycles. The molecule has 10 heteroatoms. The van der Waals surface area contributed by atoms with Crippen LogP contribution < -0.4 is 5.32 Å². The number of amides is 1. The predicted molar refractivity (Wildman–Crippen MR) is 163 cm³/mol. The number of imidazole rings is 1. The second-order valence-corrected chi connectivity index (χ2v) is 13.3. The Kier molecular flexibility index (Phi) is 5.85. The number of nitrogens with one attached hydrogen (secondary N) is 1. The summed E-state index contributed by atoms with van der Waals surface area (Å²) < 4.78 is 18.4. The van der Waals surface area contributed by atoms with Gasteiger partial charge in [-0.3, -0.25) is 9.69 Å². The molecule has 7 nitrogen and oxygen atoms in total. The predicted octanol–water partition coefficient (Wildman–Crippen LogP) is 7.01. The molecule has 4 aromatic rings. The van der Waals surface area contributed by atoms with Crippen molar-refractivity contribution < 1.29 is 19.1 Å². The number of nitrogens with zero attached hydrogens (tertiary/aromatic N) is 3. The largest absolute Gasteiger partial charge is 0.478 e. The first kappa shape index (κ1) is 27.1. The standard InChI is InChI=1S/C33H29Cl2FN4O3/c1-15-12-24-29(16(2)25(15)31(41)42)38-30-26-23(10-11-39(24)30)40(14-17-6-7-17)33(27(26)19-4-3-5-21(35)28(19)36)20-9-8-18(34)13-22(20)37-32(33)43/h3-5,8-9,12-13,17,23,26-27H,6-7,10-11,14H2,1-2H3,(H,37,43)(H,41,42)/t23-,26+,27-,33+/m0/s1. The molecule has 3 aromatic carbocycles. The number of fused-ring (bicyclic) bond motifs is 7. The highest BCUT2D eigenvalue weighted by molar-refractivity contribution is 6.31. The van der Waals surface area contributed by atoms with Crippen molar-refractivity contribution in [1.29, 1.82) is 0 Å². The second-order valence-electron chi connectivity index (χ2n) is 12.5. The van der Waals surface area contributed by atoms with E-state index >= 15 is 4.39 Å². The van der Waals surface area contributed by atoms with Gasteiger partial charge in [0.15, 0.2) is 0 Å². The van der Waals surface area contributed by atoms with Gasteiger partial charge in [0, 0.05) is 47.2 Å². The van der Waals surface area contributed by atoms with Crippen molar-refractivity contribution in [3.8, 4) is 0 Å². The Morgan fingerprint density at radius 3 is 2.70 bits per heavy atom. The van der Waals surface area contributed by atoms with Gasteiger partial charge in [-0.15, -0.1) is 0 Å². The maximum Gasteiger partial charge on any atom is 0.336 e. The van der Waals surface area contributed by atoms with Gasteiger partial charge in [-0.25, -0.2) is 14.2 Å². The molecule has 2 fully saturated rings. The van der Waals surface area contributed by atoms with Crippen molar-refractivity contribution >= 4 is 51.8 Å². The first-order valence-corrected chi connectivity index (χ1v) is 15.4. The van der Waals surface area contributed by atoms with Crippen LogP contribution in [0.5, 0.6) is 0 Å². The van der Waals surface area contributed by atoms with Crippen molar-refractivity contribution in [2.75, 3.05) is 11.9 Å². The molecule has 1 saturated heterocycles. The van der Waals surface area contributed by atoms with Gasteiger partial charge < -0.3 is 15.0 Å². The number of hydrogen-bond donors (Lipinski definition) is 2. The number of aryl methyl sites for hydroxylation is 3. The number of carboxylic acids is 1. The van der Waals surface area contributed by atoms with E-state index < -0.39 is 23.2 Å². The molecule has 43 heavy (non-hydrogen) atoms. The van der Waals surface area contributed by atoms with Crippen molar-refractivity contribution in [3.05, 3.63) is 92.0 Å². The highest BCUT2D eigenvalue weighted by atomic mass is 35.5. The number of aromatic nitrogens is 2. The van der Waals surface area contributed by atoms with Gasteiger partial charge in [-0.1, -0.05) is 41.4 Å². The number of likely N-dealkylation sites (tertiary alicyclic amines) is 1. The number of hydrogen-bond acceptors (Lipinski definition) is 4. The molecule has 3 aliphatic heterocycles. The summed E-state index contributed by atoms with van der Waals surface area (Å²) in [6, 6.07) is 12.2. The van der Waals surface area contributed by atoms with Gasteiger partial charge in [0.2, 0.25) is 5.91 Å². The van der Waals surface area contributed by atoms with Crippen molar-refractivity contribution in [2.45, 2.75) is 63.1 Å². The van der Waals surface area contributed by atoms with Gasteiger partial charge >= 0.3 is 5.97 Å². The molecule has 4 atom stereocenters. The summed E-state index contributed by atoms with van der Waals surface area (Å²) in [5, 5.41) is 13.6. The zero-order valence-corrected chi connectivity index (χ0v) is 25.1. The molecule has 220 valence electrons. The Morgan fingerprint density at radius 1 is 1.16 bits per heavy atom. The van der Waals surface area contributed by atoms with Crippen LogP contribution in [0.4, 0.5) is 10.1 Å². The minimum Gasteiger partial charge on any atom is -0.478 e. The first-order valence-electron chi connectivity index (χ1n) is 14.7. The molecule has 8 rings (SSSR count). The van der Waals surface area contributed by atoms with Crippen LogP contribution in [0.25, 0.3) is 11.0 Å². The van der Waals surface area contributed by atoms with Crippen LogP contribution in [0.15, 0.2) is 42.5 Å². The van der Waals surface area contributed by atoms with Gasteiger partial charge in [-0.05, 0) is 80.0 Å². The first-order chi connectivity index (χ1) is 20.6. The van der Waals surface area contributed by atoms with Crippen molar-refractivity contribution in [1.82, 2.24) is 14.5 Å². The topological polar surface area (TPSA) is 87.5 Å². The summed E-state index contributed by atoms with van der Waals surface area (Å²) in [5.41, 5.74) is 3.58. The van der Waals surface area contributed by atoms with Crippen molar-refractivity contribution in [3.63, 3.8) is 0 Å². The minimum absolute atomic E-state index is 0.00135. The van der Waals surface area contributed by atoms with E-state index in [2.05, 4.69) is 14.8 Å². The van der Waals surface area contributed by atoms with Gasteiger partial charge in [-0.2, -0.15) is 0 Å². The third-order valence-electron chi connectivity index (χ3n) is 10.2. The summed E-state index contributed by atoms with van der Waals surface area (Å²) in [7, 11) is 0. The molecule has 2 N–H and O–H groups in total. The van der Waals surface area contributed by atoms with Crippen LogP contribution in [0.2, 0.25) is 10.0 Å². The summed E-state index contributed by atoms with van der Waals surface area (Å²) in [6.45, 7) is 4.95. The molecule has 4 aliphatic rings. The number of carbonyl (C=O) groups is 2. The van der Waals surface area contributed by atoms with E-state index in [1.165, 1.54) is 6.07 Å². The lowest BCUT2D eigenvalue weighted by molar-refractivity contribution is -0.128. The molecular weight excluding hydrogens is 590 g/mol. The number of anilines is 1. The van der Waals surface area contributed by atoms with Crippen LogP contribution in [0, 0.1) is 25.6 Å². The van der Waals surface area contributed by atoms with E-state index in [-0.39, 0.29) is 28.5 Å². The molecule has 1 spiro atoms. The lowest BCUT2D eigenvalue weighted by Gasteiger charge is -2.40. The Hall–Kier alpha value is -3.46. The summed E-state index contributed by atoms with van der Waals surface area (Å²) in [5.74, 6) is -1.56. The maximum absolute atomic E-state index is 16.3. The van der Waals surface area contributed by atoms with Gasteiger partial charge in [0.05, 0.1) is 21.6 Å². The smallest absolute Gasteiger partial charge is 0.336 e. The fourth-order valence-electron chi connectivity index (χ4n) is 8.37. The number of benzene rings is 3. The average Bonchev–Trinajstić information content (AvgIpc) is 3.55. The Balaban J connectivity index is 1.45. The van der Waals surface area contributed by atoms with Gasteiger partial charge in [0.1, 0.15) is 17.2 Å². The monoisotopic (exact) mass is 618 g/mol. The minimum atomic E-state index is -1.21. The molecule has 1 amide bonds. The number of carbonyl (C=O) groups excluding carboxylic acids is 1. The molecule has 1 aromatic heterocycles. The molecular formula is C33H29Cl2FN4O3. The fourth-order valence-corrected chi connectivity index (χ4v) is 8.73. The maximum atomic E-state index is 16.3. The highest BCUT2D eigenvalue weighted by Gasteiger charge is 2.69. The van der Waals surface area contributed by atoms with E-state index in [9.17, 15) is 14.7 Å². The van der Waals surface area contributed by atoms with Crippen LogP contribution in [0.1, 0.15) is 69.5 Å². The van der Waals surface area contributed by atoms with Crippen LogP contribution >= 0.6 is 23.2 Å². The third kappa shape index (κ3) is 3.60. The SMILES string of the molecule is Cc1cc2c(nc3n2CC[C@H]2[C@@H]3[C@H](c3cccc(Cl)c3F)[C@]3(C(=O)Nc4cc(Cl)ccc43)N2CC2CC2)c(C)c1C(=O)O. The Labute approximate surface area is 257 Å². The zero-order chi connectivity index (χ0) is 29.9. The Bertz CT molecular complexity index is 1900. The average molecular weight is 620 g/mol. The quantitative estimate of drug-likeness (QED) is 0.257. The second kappa shape index (κ2) is 9.27. The van der Waals surface area contributed by atoms with Crippen LogP contribution in [-0.4, -0.2) is 44.0 Å². The van der Waals surface area contributed by atoms with E-state index in [1.807, 2.05) is 12.1 Å². The number of rotatable bonds is 4. The van der Waals surface area contributed by atoms with E-state index in [4.69, 9.17) is 28.2 Å². The lowest BCUT2D eigenvalue weighted by Crippen LogP contribution is -2.53. The number of halogens is 3.